The lowest BCUT2D eigenvalue weighted by atomic mass is 10.1. The van der Waals surface area contributed by atoms with Crippen molar-refractivity contribution in [2.24, 2.45) is 0 Å². The van der Waals surface area contributed by atoms with E-state index in [1.165, 1.54) is 17.4 Å². The number of nitrogens with one attached hydrogen (secondary N) is 2. The maximum Gasteiger partial charge on any atom is 0.261 e. The lowest BCUT2D eigenvalue weighted by Crippen LogP contribution is -2.30. The molecule has 6 heteroatoms. The Kier molecular flexibility index (Phi) is 5.66. The second-order valence-electron chi connectivity index (χ2n) is 4.84. The van der Waals surface area contributed by atoms with Crippen LogP contribution in [-0.4, -0.2) is 18.4 Å². The predicted octanol–water partition coefficient (Wildman–Crippen LogP) is 2.63. The Balaban J connectivity index is 1.69. The van der Waals surface area contributed by atoms with E-state index in [2.05, 4.69) is 10.6 Å². The van der Waals surface area contributed by atoms with E-state index in [-0.39, 0.29) is 37.1 Å². The van der Waals surface area contributed by atoms with Crippen LogP contribution in [-0.2, 0) is 11.3 Å². The number of amides is 2. The first kappa shape index (κ1) is 16.2. The molecule has 2 aromatic rings. The fourth-order valence-electron chi connectivity index (χ4n) is 1.82. The SMILES string of the molecule is Cc1ccc(CNC(=O)CCNC(=O)c2cccs2)cc1F. The van der Waals surface area contributed by atoms with E-state index in [0.717, 1.165) is 0 Å². The summed E-state index contributed by atoms with van der Waals surface area (Å²) in [6, 6.07) is 8.39. The maximum absolute atomic E-state index is 13.4. The number of hydrogen-bond donors (Lipinski definition) is 2. The van der Waals surface area contributed by atoms with Crippen LogP contribution >= 0.6 is 11.3 Å². The first-order chi connectivity index (χ1) is 10.6. The summed E-state index contributed by atoms with van der Waals surface area (Å²) in [5, 5.41) is 7.20. The van der Waals surface area contributed by atoms with E-state index in [1.54, 1.807) is 31.2 Å². The van der Waals surface area contributed by atoms with Gasteiger partial charge in [-0.1, -0.05) is 18.2 Å². The first-order valence-electron chi connectivity index (χ1n) is 6.89. The first-order valence-corrected chi connectivity index (χ1v) is 7.77. The standard InChI is InChI=1S/C16H17FN2O2S/c1-11-4-5-12(9-13(11)17)10-19-15(20)6-7-18-16(21)14-3-2-8-22-14/h2-5,8-9H,6-7,10H2,1H3,(H,18,21)(H,19,20). The smallest absolute Gasteiger partial charge is 0.261 e. The predicted molar refractivity (Wildman–Crippen MR) is 84.3 cm³/mol. The third-order valence-corrected chi connectivity index (χ3v) is 3.98. The highest BCUT2D eigenvalue weighted by atomic mass is 32.1. The van der Waals surface area contributed by atoms with Gasteiger partial charge in [0.2, 0.25) is 5.91 Å². The van der Waals surface area contributed by atoms with Gasteiger partial charge in [0.25, 0.3) is 5.91 Å². The molecule has 0 radical (unpaired) electrons. The van der Waals surface area contributed by atoms with Gasteiger partial charge in [-0.3, -0.25) is 9.59 Å². The topological polar surface area (TPSA) is 58.2 Å². The van der Waals surface area contributed by atoms with E-state index in [4.69, 9.17) is 0 Å². The molecule has 2 rings (SSSR count). The Morgan fingerprint density at radius 1 is 1.23 bits per heavy atom. The third kappa shape index (κ3) is 4.66. The van der Waals surface area contributed by atoms with Gasteiger partial charge in [0.05, 0.1) is 4.88 Å². The number of aryl methyl sites for hydroxylation is 1. The zero-order valence-corrected chi connectivity index (χ0v) is 13.0. The van der Waals surface area contributed by atoms with Gasteiger partial charge < -0.3 is 10.6 Å². The molecule has 0 aliphatic heterocycles. The van der Waals surface area contributed by atoms with E-state index >= 15 is 0 Å². The maximum atomic E-state index is 13.4. The molecule has 0 fully saturated rings. The number of rotatable bonds is 6. The Labute approximate surface area is 132 Å². The highest BCUT2D eigenvalue weighted by molar-refractivity contribution is 7.12. The van der Waals surface area contributed by atoms with Crippen LogP contribution in [0.15, 0.2) is 35.7 Å². The van der Waals surface area contributed by atoms with Gasteiger partial charge in [0.15, 0.2) is 0 Å². The molecule has 1 aromatic carbocycles. The fraction of sp³-hybridized carbons (Fsp3) is 0.250. The Hall–Kier alpha value is -2.21. The van der Waals surface area contributed by atoms with Crippen LogP contribution in [0.5, 0.6) is 0 Å². The summed E-state index contributed by atoms with van der Waals surface area (Å²) >= 11 is 1.35. The van der Waals surface area contributed by atoms with Gasteiger partial charge in [-0.05, 0) is 35.6 Å². The van der Waals surface area contributed by atoms with Gasteiger partial charge in [0, 0.05) is 19.5 Å². The zero-order chi connectivity index (χ0) is 15.9. The number of benzene rings is 1. The van der Waals surface area contributed by atoms with Crippen molar-refractivity contribution in [1.29, 1.82) is 0 Å². The molecule has 0 atom stereocenters. The number of carbonyl (C=O) groups is 2. The molecule has 4 nitrogen and oxygen atoms in total. The summed E-state index contributed by atoms with van der Waals surface area (Å²) < 4.78 is 13.4. The van der Waals surface area contributed by atoms with Crippen LogP contribution in [0.3, 0.4) is 0 Å². The van der Waals surface area contributed by atoms with Gasteiger partial charge in [-0.15, -0.1) is 11.3 Å². The van der Waals surface area contributed by atoms with Crippen LogP contribution < -0.4 is 10.6 Å². The van der Waals surface area contributed by atoms with Gasteiger partial charge in [0.1, 0.15) is 5.82 Å². The van der Waals surface area contributed by atoms with Crippen LogP contribution in [0, 0.1) is 12.7 Å². The average molecular weight is 320 g/mol. The van der Waals surface area contributed by atoms with Crippen molar-refractivity contribution in [2.75, 3.05) is 6.54 Å². The summed E-state index contributed by atoms with van der Waals surface area (Å²) in [5.41, 5.74) is 1.28. The molecule has 0 spiro atoms. The van der Waals surface area contributed by atoms with Crippen LogP contribution in [0.4, 0.5) is 4.39 Å². The molecule has 0 saturated heterocycles. The van der Waals surface area contributed by atoms with Gasteiger partial charge in [-0.2, -0.15) is 0 Å². The summed E-state index contributed by atoms with van der Waals surface area (Å²) in [5.74, 6) is -0.647. The molecule has 116 valence electrons. The molecule has 1 aromatic heterocycles. The number of hydrogen-bond acceptors (Lipinski definition) is 3. The molecule has 0 unspecified atom stereocenters. The normalized spacial score (nSPS) is 10.3. The minimum atomic E-state index is -0.282. The Bertz CT molecular complexity index is 656. The number of carbonyl (C=O) groups excluding carboxylic acids is 2. The van der Waals surface area contributed by atoms with Crippen molar-refractivity contribution in [1.82, 2.24) is 10.6 Å². The summed E-state index contributed by atoms with van der Waals surface area (Å²) in [6.07, 6.45) is 0.186. The molecule has 1 heterocycles. The van der Waals surface area contributed by atoms with E-state index in [1.807, 2.05) is 5.38 Å². The number of thiophene rings is 1. The molecule has 2 amide bonds. The highest BCUT2D eigenvalue weighted by Crippen LogP contribution is 2.09. The zero-order valence-electron chi connectivity index (χ0n) is 12.2. The highest BCUT2D eigenvalue weighted by Gasteiger charge is 2.07. The van der Waals surface area contributed by atoms with E-state index < -0.39 is 0 Å². The molecule has 22 heavy (non-hydrogen) atoms. The largest absolute Gasteiger partial charge is 0.352 e. The van der Waals surface area contributed by atoms with Crippen molar-refractivity contribution in [3.63, 3.8) is 0 Å². The van der Waals surface area contributed by atoms with E-state index in [9.17, 15) is 14.0 Å². The summed E-state index contributed by atoms with van der Waals surface area (Å²) in [7, 11) is 0. The lowest BCUT2D eigenvalue weighted by molar-refractivity contribution is -0.121. The molecule has 0 saturated carbocycles. The van der Waals surface area contributed by atoms with Crippen molar-refractivity contribution in [3.05, 3.63) is 57.5 Å². The molecule has 0 aliphatic carbocycles. The van der Waals surface area contributed by atoms with Gasteiger partial charge >= 0.3 is 0 Å². The molecule has 0 aliphatic rings. The van der Waals surface area contributed by atoms with Crippen LogP contribution in [0.25, 0.3) is 0 Å². The van der Waals surface area contributed by atoms with E-state index in [0.29, 0.717) is 16.0 Å². The van der Waals surface area contributed by atoms with Gasteiger partial charge in [-0.25, -0.2) is 4.39 Å². The van der Waals surface area contributed by atoms with Crippen molar-refractivity contribution >= 4 is 23.2 Å². The fourth-order valence-corrected chi connectivity index (χ4v) is 2.46. The second-order valence-corrected chi connectivity index (χ2v) is 5.79. The second kappa shape index (κ2) is 7.70. The Morgan fingerprint density at radius 3 is 2.73 bits per heavy atom. The molecule has 0 bridgehead atoms. The molecular formula is C16H17FN2O2S. The third-order valence-electron chi connectivity index (χ3n) is 3.11. The summed E-state index contributed by atoms with van der Waals surface area (Å²) in [4.78, 5) is 24.0. The monoisotopic (exact) mass is 320 g/mol. The molecule has 2 N–H and O–H groups in total. The molecular weight excluding hydrogens is 303 g/mol. The van der Waals surface area contributed by atoms with Crippen molar-refractivity contribution in [2.45, 2.75) is 19.9 Å². The Morgan fingerprint density at radius 2 is 2.05 bits per heavy atom. The van der Waals surface area contributed by atoms with Crippen LogP contribution in [0.2, 0.25) is 0 Å². The minimum absolute atomic E-state index is 0.177. The number of halogens is 1. The quantitative estimate of drug-likeness (QED) is 0.859. The summed E-state index contributed by atoms with van der Waals surface area (Å²) in [6.45, 7) is 2.23. The van der Waals surface area contributed by atoms with Crippen molar-refractivity contribution in [3.8, 4) is 0 Å². The average Bonchev–Trinajstić information content (AvgIpc) is 3.03. The van der Waals surface area contributed by atoms with Crippen LogP contribution in [0.1, 0.15) is 27.2 Å². The lowest BCUT2D eigenvalue weighted by Gasteiger charge is -2.07. The van der Waals surface area contributed by atoms with Crippen molar-refractivity contribution < 1.29 is 14.0 Å². The minimum Gasteiger partial charge on any atom is -0.352 e.